The van der Waals surface area contributed by atoms with Gasteiger partial charge in [0.15, 0.2) is 0 Å². The van der Waals surface area contributed by atoms with E-state index in [1.165, 1.54) is 10.5 Å². The average Bonchev–Trinajstić information content (AvgIpc) is 2.77. The molecule has 0 aliphatic carbocycles. The van der Waals surface area contributed by atoms with Gasteiger partial charge in [-0.25, -0.2) is 0 Å². The van der Waals surface area contributed by atoms with Gasteiger partial charge in [-0.15, -0.1) is 11.8 Å². The summed E-state index contributed by atoms with van der Waals surface area (Å²) in [6, 6.07) is 9.61. The van der Waals surface area contributed by atoms with Crippen molar-refractivity contribution in [3.8, 4) is 0 Å². The monoisotopic (exact) mass is 265 g/mol. The Morgan fingerprint density at radius 2 is 2.17 bits per heavy atom. The highest BCUT2D eigenvalue weighted by atomic mass is 32.2. The fourth-order valence-electron chi connectivity index (χ4n) is 2.24. The Labute approximate surface area is 114 Å². The number of ether oxygens (including phenoxy) is 1. The zero-order valence-electron chi connectivity index (χ0n) is 11.5. The zero-order valence-corrected chi connectivity index (χ0v) is 12.3. The predicted octanol–water partition coefficient (Wildman–Crippen LogP) is 3.48. The molecule has 0 radical (unpaired) electrons. The Morgan fingerprint density at radius 3 is 2.89 bits per heavy atom. The van der Waals surface area contributed by atoms with Gasteiger partial charge in [-0.3, -0.25) is 0 Å². The smallest absolute Gasteiger partial charge is 0.0622 e. The summed E-state index contributed by atoms with van der Waals surface area (Å²) in [4.78, 5) is 1.42. The molecule has 1 aromatic carbocycles. The molecule has 0 bridgehead atoms. The van der Waals surface area contributed by atoms with Gasteiger partial charge in [0.25, 0.3) is 0 Å². The third-order valence-electron chi connectivity index (χ3n) is 3.42. The molecule has 1 aliphatic rings. The molecule has 0 aromatic heterocycles. The molecule has 2 atom stereocenters. The van der Waals surface area contributed by atoms with Crippen LogP contribution in [0, 0.1) is 5.92 Å². The summed E-state index contributed by atoms with van der Waals surface area (Å²) in [5.41, 5.74) is 1.45. The maximum absolute atomic E-state index is 5.59. The molecule has 1 N–H and O–H groups in total. The fourth-order valence-corrected chi connectivity index (χ4v) is 3.41. The number of fused-ring (bicyclic) bond motifs is 1. The summed E-state index contributed by atoms with van der Waals surface area (Å²) in [6.07, 6.45) is 0. The second-order valence-corrected chi connectivity index (χ2v) is 6.14. The van der Waals surface area contributed by atoms with Crippen LogP contribution >= 0.6 is 11.8 Å². The summed E-state index contributed by atoms with van der Waals surface area (Å²) < 4.78 is 5.59. The van der Waals surface area contributed by atoms with Crippen LogP contribution < -0.4 is 5.32 Å². The average molecular weight is 265 g/mol. The summed E-state index contributed by atoms with van der Waals surface area (Å²) >= 11 is 1.95. The molecule has 100 valence electrons. The lowest BCUT2D eigenvalue weighted by Crippen LogP contribution is -2.40. The molecular formula is C15H23NOS. The number of hydrogen-bond donors (Lipinski definition) is 1. The van der Waals surface area contributed by atoms with Gasteiger partial charge in [-0.1, -0.05) is 32.0 Å². The van der Waals surface area contributed by atoms with Crippen molar-refractivity contribution in [1.82, 2.24) is 5.32 Å². The topological polar surface area (TPSA) is 21.3 Å². The lowest BCUT2D eigenvalue weighted by Gasteiger charge is -2.26. The van der Waals surface area contributed by atoms with Crippen LogP contribution in [-0.4, -0.2) is 25.0 Å². The third kappa shape index (κ3) is 3.28. The van der Waals surface area contributed by atoms with Crippen LogP contribution in [0.3, 0.4) is 0 Å². The number of rotatable bonds is 6. The van der Waals surface area contributed by atoms with Gasteiger partial charge < -0.3 is 10.1 Å². The van der Waals surface area contributed by atoms with E-state index >= 15 is 0 Å². The molecule has 1 aromatic rings. The third-order valence-corrected chi connectivity index (χ3v) is 4.60. The first-order valence-corrected chi connectivity index (χ1v) is 7.76. The summed E-state index contributed by atoms with van der Waals surface area (Å²) in [5.74, 6) is 1.73. The normalized spacial score (nSPS) is 20.1. The van der Waals surface area contributed by atoms with E-state index in [0.29, 0.717) is 18.0 Å². The number of benzene rings is 1. The number of hydrogen-bond acceptors (Lipinski definition) is 3. The van der Waals surface area contributed by atoms with Gasteiger partial charge in [0, 0.05) is 29.3 Å². The highest BCUT2D eigenvalue weighted by Crippen LogP contribution is 2.38. The Kier molecular flexibility index (Phi) is 5.10. The van der Waals surface area contributed by atoms with E-state index in [2.05, 4.69) is 50.4 Å². The Hall–Kier alpha value is -0.510. The van der Waals surface area contributed by atoms with E-state index in [1.54, 1.807) is 0 Å². The molecule has 0 saturated heterocycles. The maximum Gasteiger partial charge on any atom is 0.0622 e. The van der Waals surface area contributed by atoms with Crippen molar-refractivity contribution in [2.75, 3.05) is 19.0 Å². The minimum atomic E-state index is 0.432. The molecule has 18 heavy (non-hydrogen) atoms. The van der Waals surface area contributed by atoms with Crippen molar-refractivity contribution >= 4 is 11.8 Å². The van der Waals surface area contributed by atoms with Gasteiger partial charge in [-0.05, 0) is 24.5 Å². The predicted molar refractivity (Wildman–Crippen MR) is 78.2 cm³/mol. The second kappa shape index (κ2) is 6.60. The van der Waals surface area contributed by atoms with Gasteiger partial charge in [-0.2, -0.15) is 0 Å². The van der Waals surface area contributed by atoms with Gasteiger partial charge in [0.05, 0.1) is 6.61 Å². The molecule has 0 saturated carbocycles. The van der Waals surface area contributed by atoms with Crippen LogP contribution in [0.2, 0.25) is 0 Å². The highest BCUT2D eigenvalue weighted by molar-refractivity contribution is 7.99. The molecule has 0 amide bonds. The second-order valence-electron chi connectivity index (χ2n) is 5.08. The first kappa shape index (κ1) is 13.9. The summed E-state index contributed by atoms with van der Waals surface area (Å²) in [7, 11) is 0. The highest BCUT2D eigenvalue weighted by Gasteiger charge is 2.26. The van der Waals surface area contributed by atoms with Gasteiger partial charge in [0.1, 0.15) is 0 Å². The minimum Gasteiger partial charge on any atom is -0.380 e. The van der Waals surface area contributed by atoms with E-state index in [4.69, 9.17) is 4.74 Å². The fraction of sp³-hybridized carbons (Fsp3) is 0.600. The van der Waals surface area contributed by atoms with E-state index < -0.39 is 0 Å². The van der Waals surface area contributed by atoms with Crippen molar-refractivity contribution < 1.29 is 4.74 Å². The zero-order chi connectivity index (χ0) is 13.0. The maximum atomic E-state index is 5.59. The standard InChI is InChI=1S/C15H23NOS/c1-4-17-9-13(11(2)3)16-14-10-18-15-8-6-5-7-12(14)15/h5-8,11,13-14,16H,4,9-10H2,1-3H3. The lowest BCUT2D eigenvalue weighted by atomic mass is 10.0. The van der Waals surface area contributed by atoms with Crippen LogP contribution in [0.25, 0.3) is 0 Å². The minimum absolute atomic E-state index is 0.432. The number of thioether (sulfide) groups is 1. The van der Waals surface area contributed by atoms with Crippen LogP contribution in [0.5, 0.6) is 0 Å². The van der Waals surface area contributed by atoms with E-state index in [1.807, 2.05) is 11.8 Å². The van der Waals surface area contributed by atoms with Crippen molar-refractivity contribution in [3.63, 3.8) is 0 Å². The quantitative estimate of drug-likeness (QED) is 0.851. The molecule has 0 fully saturated rings. The Balaban J connectivity index is 2.00. The molecule has 1 heterocycles. The van der Waals surface area contributed by atoms with Gasteiger partial charge in [0.2, 0.25) is 0 Å². The molecule has 2 rings (SSSR count). The Bertz CT molecular complexity index is 381. The van der Waals surface area contributed by atoms with Gasteiger partial charge >= 0.3 is 0 Å². The van der Waals surface area contributed by atoms with E-state index in [-0.39, 0.29) is 0 Å². The summed E-state index contributed by atoms with van der Waals surface area (Å²) in [6.45, 7) is 8.16. The van der Waals surface area contributed by atoms with Crippen LogP contribution in [-0.2, 0) is 4.74 Å². The Morgan fingerprint density at radius 1 is 1.39 bits per heavy atom. The largest absolute Gasteiger partial charge is 0.380 e. The molecular weight excluding hydrogens is 242 g/mol. The molecule has 1 aliphatic heterocycles. The van der Waals surface area contributed by atoms with E-state index in [9.17, 15) is 0 Å². The summed E-state index contributed by atoms with van der Waals surface area (Å²) in [5, 5.41) is 3.76. The van der Waals surface area contributed by atoms with Crippen molar-refractivity contribution in [3.05, 3.63) is 29.8 Å². The molecule has 2 unspecified atom stereocenters. The van der Waals surface area contributed by atoms with Crippen LogP contribution in [0.4, 0.5) is 0 Å². The van der Waals surface area contributed by atoms with Crippen LogP contribution in [0.1, 0.15) is 32.4 Å². The molecule has 2 nitrogen and oxygen atoms in total. The van der Waals surface area contributed by atoms with E-state index in [0.717, 1.165) is 19.0 Å². The van der Waals surface area contributed by atoms with Crippen molar-refractivity contribution in [2.45, 2.75) is 37.8 Å². The van der Waals surface area contributed by atoms with Crippen molar-refractivity contribution in [1.29, 1.82) is 0 Å². The molecule has 3 heteroatoms. The first-order chi connectivity index (χ1) is 8.72. The number of nitrogens with one attached hydrogen (secondary N) is 1. The lowest BCUT2D eigenvalue weighted by molar-refractivity contribution is 0.104. The van der Waals surface area contributed by atoms with Crippen molar-refractivity contribution in [2.24, 2.45) is 5.92 Å². The molecule has 0 spiro atoms. The SMILES string of the molecule is CCOCC(NC1CSc2ccccc21)C(C)C. The van der Waals surface area contributed by atoms with Crippen LogP contribution in [0.15, 0.2) is 29.2 Å². The first-order valence-electron chi connectivity index (χ1n) is 6.78.